The highest BCUT2D eigenvalue weighted by Gasteiger charge is 2.34. The first-order valence-electron chi connectivity index (χ1n) is 8.75. The van der Waals surface area contributed by atoms with E-state index in [0.29, 0.717) is 15.6 Å². The Morgan fingerprint density at radius 3 is 2.42 bits per heavy atom. The number of guanidine groups is 1. The zero-order chi connectivity index (χ0) is 22.6. The van der Waals surface area contributed by atoms with Crippen LogP contribution in [-0.2, 0) is 10.0 Å². The minimum Gasteiger partial charge on any atom is -0.369 e. The molecule has 0 fully saturated rings. The molecule has 0 saturated carbocycles. The summed E-state index contributed by atoms with van der Waals surface area (Å²) in [6, 6.07) is 14.9. The van der Waals surface area contributed by atoms with E-state index in [0.717, 1.165) is 17.6 Å². The summed E-state index contributed by atoms with van der Waals surface area (Å²) in [5.41, 5.74) is 12.1. The molecule has 0 bridgehead atoms. The van der Waals surface area contributed by atoms with Crippen molar-refractivity contribution in [3.8, 4) is 0 Å². The van der Waals surface area contributed by atoms with Crippen molar-refractivity contribution in [2.75, 3.05) is 5.01 Å². The van der Waals surface area contributed by atoms with E-state index in [-0.39, 0.29) is 10.7 Å². The maximum atomic E-state index is 11.9. The Labute approximate surface area is 188 Å². The van der Waals surface area contributed by atoms with Gasteiger partial charge in [-0.1, -0.05) is 30.4 Å². The molecule has 1 unspecified atom stereocenters. The van der Waals surface area contributed by atoms with E-state index < -0.39 is 21.9 Å². The maximum absolute atomic E-state index is 11.9. The number of nitrogens with zero attached hydrogens (tertiary/aromatic N) is 5. The van der Waals surface area contributed by atoms with Gasteiger partial charge in [0, 0.05) is 11.9 Å². The topological polar surface area (TPSA) is 163 Å². The van der Waals surface area contributed by atoms with E-state index in [1.807, 2.05) is 37.3 Å². The van der Waals surface area contributed by atoms with Gasteiger partial charge in [-0.05, 0) is 43.3 Å². The van der Waals surface area contributed by atoms with Gasteiger partial charge < -0.3 is 11.5 Å². The molecule has 1 atom stereocenters. The molecular formula is C18H18N8O2S3. The van der Waals surface area contributed by atoms with Crippen LogP contribution in [0.15, 0.2) is 78.6 Å². The molecule has 31 heavy (non-hydrogen) atoms. The number of thiocarbonyl (C=S) groups is 1. The van der Waals surface area contributed by atoms with Gasteiger partial charge in [-0.15, -0.1) is 14.0 Å². The van der Waals surface area contributed by atoms with Crippen molar-refractivity contribution in [2.24, 2.45) is 36.5 Å². The molecule has 2 aromatic rings. The van der Waals surface area contributed by atoms with Gasteiger partial charge in [-0.25, -0.2) is 5.01 Å². The molecule has 0 aliphatic carbocycles. The molecule has 3 rings (SSSR count). The van der Waals surface area contributed by atoms with Crippen molar-refractivity contribution in [1.29, 1.82) is 5.41 Å². The fraction of sp³-hybridized carbons (Fsp3) is 0.111. The number of nitrogens with two attached hydrogens (primary N) is 2. The van der Waals surface area contributed by atoms with Crippen molar-refractivity contribution in [3.05, 3.63) is 54.6 Å². The SMILES string of the molecule is CC1=NN(c2ccccc2)C(=N)C1C(=S)SN=Nc1ccc(S(=O)(=O)N=C(N)N)cc1. The Kier molecular flexibility index (Phi) is 6.77. The first-order chi connectivity index (χ1) is 14.7. The van der Waals surface area contributed by atoms with Crippen LogP contribution < -0.4 is 16.5 Å². The van der Waals surface area contributed by atoms with E-state index in [2.05, 4.69) is 19.1 Å². The summed E-state index contributed by atoms with van der Waals surface area (Å²) >= 11 is 6.40. The highest BCUT2D eigenvalue weighted by atomic mass is 32.2. The molecule has 10 nitrogen and oxygen atoms in total. The van der Waals surface area contributed by atoms with Crippen LogP contribution in [0.2, 0.25) is 0 Å². The molecule has 160 valence electrons. The summed E-state index contributed by atoms with van der Waals surface area (Å²) in [6.45, 7) is 1.81. The Hall–Kier alpha value is -3.16. The van der Waals surface area contributed by atoms with Gasteiger partial charge in [0.2, 0.25) is 5.96 Å². The average molecular weight is 475 g/mol. The van der Waals surface area contributed by atoms with E-state index >= 15 is 0 Å². The normalized spacial score (nSPS) is 16.4. The number of hydrogen-bond donors (Lipinski definition) is 3. The van der Waals surface area contributed by atoms with Crippen LogP contribution in [-0.4, -0.2) is 30.1 Å². The van der Waals surface area contributed by atoms with Crippen LogP contribution in [0.25, 0.3) is 0 Å². The summed E-state index contributed by atoms with van der Waals surface area (Å²) in [5, 5.41) is 18.4. The van der Waals surface area contributed by atoms with E-state index in [9.17, 15) is 8.42 Å². The van der Waals surface area contributed by atoms with Crippen LogP contribution in [0, 0.1) is 11.3 Å². The third kappa shape index (κ3) is 5.31. The monoisotopic (exact) mass is 474 g/mol. The van der Waals surface area contributed by atoms with Crippen molar-refractivity contribution >= 4 is 67.3 Å². The molecule has 2 aromatic carbocycles. The molecule has 0 radical (unpaired) electrons. The number of anilines is 1. The average Bonchev–Trinajstić information content (AvgIpc) is 3.02. The van der Waals surface area contributed by atoms with Gasteiger partial charge in [-0.3, -0.25) is 5.41 Å². The minimum absolute atomic E-state index is 0.0738. The quantitative estimate of drug-likeness (QED) is 0.190. The highest BCUT2D eigenvalue weighted by Crippen LogP contribution is 2.29. The minimum atomic E-state index is -3.96. The van der Waals surface area contributed by atoms with Crippen molar-refractivity contribution in [1.82, 2.24) is 0 Å². The third-order valence-corrected chi connectivity index (χ3v) is 6.42. The number of benzene rings is 2. The van der Waals surface area contributed by atoms with E-state index in [4.69, 9.17) is 29.1 Å². The smallest absolute Gasteiger partial charge is 0.285 e. The molecule has 0 spiro atoms. The number of sulfonamides is 1. The van der Waals surface area contributed by atoms with Crippen LogP contribution in [0.3, 0.4) is 0 Å². The second kappa shape index (κ2) is 9.32. The molecule has 0 saturated heterocycles. The summed E-state index contributed by atoms with van der Waals surface area (Å²) in [5.74, 6) is -0.771. The second-order valence-electron chi connectivity index (χ2n) is 6.28. The lowest BCUT2D eigenvalue weighted by Crippen LogP contribution is -2.29. The van der Waals surface area contributed by atoms with E-state index in [1.165, 1.54) is 24.3 Å². The number of amidine groups is 1. The highest BCUT2D eigenvalue weighted by molar-refractivity contribution is 8.22. The fourth-order valence-electron chi connectivity index (χ4n) is 2.67. The largest absolute Gasteiger partial charge is 0.369 e. The zero-order valence-corrected chi connectivity index (χ0v) is 18.7. The Morgan fingerprint density at radius 1 is 1.16 bits per heavy atom. The van der Waals surface area contributed by atoms with Crippen LogP contribution in [0.4, 0.5) is 11.4 Å². The predicted octanol–water partition coefficient (Wildman–Crippen LogP) is 3.20. The Bertz CT molecular complexity index is 1190. The van der Waals surface area contributed by atoms with Crippen molar-refractivity contribution in [3.63, 3.8) is 0 Å². The first kappa shape index (κ1) is 22.5. The van der Waals surface area contributed by atoms with Gasteiger partial charge >= 0.3 is 0 Å². The fourth-order valence-corrected chi connectivity index (χ4v) is 4.52. The maximum Gasteiger partial charge on any atom is 0.285 e. The summed E-state index contributed by atoms with van der Waals surface area (Å²) in [7, 11) is -3.96. The van der Waals surface area contributed by atoms with Gasteiger partial charge in [0.1, 0.15) is 11.8 Å². The lowest BCUT2D eigenvalue weighted by molar-refractivity contribution is 0.598. The Balaban J connectivity index is 1.65. The molecular weight excluding hydrogens is 456 g/mol. The number of para-hydroxylation sites is 1. The molecule has 1 aliphatic rings. The van der Waals surface area contributed by atoms with Gasteiger partial charge in [-0.2, -0.15) is 13.5 Å². The molecule has 1 heterocycles. The molecule has 0 amide bonds. The van der Waals surface area contributed by atoms with Gasteiger partial charge in [0.25, 0.3) is 10.0 Å². The van der Waals surface area contributed by atoms with Crippen LogP contribution in [0.5, 0.6) is 0 Å². The summed E-state index contributed by atoms with van der Waals surface area (Å²) in [4.78, 5) is -0.0738. The number of rotatable bonds is 6. The van der Waals surface area contributed by atoms with Crippen LogP contribution >= 0.6 is 24.2 Å². The van der Waals surface area contributed by atoms with Crippen LogP contribution in [0.1, 0.15) is 6.92 Å². The zero-order valence-electron chi connectivity index (χ0n) is 16.2. The molecule has 0 aromatic heterocycles. The van der Waals surface area contributed by atoms with Gasteiger partial charge in [0.15, 0.2) is 0 Å². The molecule has 1 aliphatic heterocycles. The van der Waals surface area contributed by atoms with Gasteiger partial charge in [0.05, 0.1) is 26.2 Å². The first-order valence-corrected chi connectivity index (χ1v) is 11.4. The standard InChI is InChI=1S/C18H18N8O2S3/c1-11-15(16(19)26(23-11)13-5-3-2-4-6-13)17(29)30-25-22-12-7-9-14(10-8-12)31(27,28)24-18(20)21/h2-10,15,19H,1H3,(H4,20,21,24). The number of hydrogen-bond acceptors (Lipinski definition) is 8. The summed E-state index contributed by atoms with van der Waals surface area (Å²) in [6.07, 6.45) is 0. The van der Waals surface area contributed by atoms with E-state index in [1.54, 1.807) is 5.01 Å². The second-order valence-corrected chi connectivity index (χ2v) is 9.37. The number of hydrazone groups is 1. The molecule has 5 N–H and O–H groups in total. The van der Waals surface area contributed by atoms with Crippen molar-refractivity contribution in [2.45, 2.75) is 11.8 Å². The summed E-state index contributed by atoms with van der Waals surface area (Å²) < 4.78 is 31.5. The predicted molar refractivity (Wildman–Crippen MR) is 127 cm³/mol. The molecule has 13 heteroatoms. The van der Waals surface area contributed by atoms with Crippen molar-refractivity contribution < 1.29 is 8.42 Å². The Morgan fingerprint density at radius 2 is 1.81 bits per heavy atom. The third-order valence-electron chi connectivity index (χ3n) is 4.06. The lowest BCUT2D eigenvalue weighted by atomic mass is 10.1. The number of nitrogens with one attached hydrogen (secondary N) is 1. The lowest BCUT2D eigenvalue weighted by Gasteiger charge is -2.16.